The number of nitrogens with one attached hydrogen (secondary N) is 3. The van der Waals surface area contributed by atoms with Gasteiger partial charge in [-0.2, -0.15) is 0 Å². The maximum atomic E-state index is 12.8. The van der Waals surface area contributed by atoms with E-state index < -0.39 is 6.03 Å². The Morgan fingerprint density at radius 1 is 1.00 bits per heavy atom. The van der Waals surface area contributed by atoms with Crippen molar-refractivity contribution in [2.75, 3.05) is 10.6 Å². The molecule has 1 heterocycles. The summed E-state index contributed by atoms with van der Waals surface area (Å²) in [5.41, 5.74) is 5.44. The van der Waals surface area contributed by atoms with Gasteiger partial charge in [0.25, 0.3) is 5.91 Å². The SMILES string of the molecule is Cc1cc(C)c(NC(=O)c2sc(NC(=O)NCc3ccc(Cl)cc3)nc2C)c(C)c1. The van der Waals surface area contributed by atoms with Crippen LogP contribution in [0.5, 0.6) is 0 Å². The number of halogens is 1. The van der Waals surface area contributed by atoms with Crippen LogP contribution >= 0.6 is 22.9 Å². The zero-order valence-electron chi connectivity index (χ0n) is 17.2. The van der Waals surface area contributed by atoms with Crippen LogP contribution in [0.2, 0.25) is 5.02 Å². The van der Waals surface area contributed by atoms with Gasteiger partial charge in [0, 0.05) is 17.3 Å². The van der Waals surface area contributed by atoms with Gasteiger partial charge in [-0.25, -0.2) is 9.78 Å². The van der Waals surface area contributed by atoms with Gasteiger partial charge in [0.15, 0.2) is 5.13 Å². The highest BCUT2D eigenvalue weighted by atomic mass is 35.5. The Kier molecular flexibility index (Phi) is 6.74. The first-order valence-electron chi connectivity index (χ1n) is 9.39. The smallest absolute Gasteiger partial charge is 0.321 e. The summed E-state index contributed by atoms with van der Waals surface area (Å²) in [5, 5.41) is 9.42. The van der Waals surface area contributed by atoms with E-state index in [1.807, 2.05) is 45.0 Å². The zero-order chi connectivity index (χ0) is 21.8. The van der Waals surface area contributed by atoms with E-state index in [-0.39, 0.29) is 5.91 Å². The van der Waals surface area contributed by atoms with Gasteiger partial charge in [0.1, 0.15) is 4.88 Å². The van der Waals surface area contributed by atoms with Crippen molar-refractivity contribution in [2.45, 2.75) is 34.2 Å². The third-order valence-corrected chi connectivity index (χ3v) is 5.83. The normalized spacial score (nSPS) is 10.6. The lowest BCUT2D eigenvalue weighted by molar-refractivity contribution is 0.102. The molecular weight excluding hydrogens is 420 g/mol. The fourth-order valence-corrected chi connectivity index (χ4v) is 4.12. The van der Waals surface area contributed by atoms with Crippen molar-refractivity contribution in [1.82, 2.24) is 10.3 Å². The highest BCUT2D eigenvalue weighted by Crippen LogP contribution is 2.26. The molecule has 0 spiro atoms. The fourth-order valence-electron chi connectivity index (χ4n) is 3.13. The Balaban J connectivity index is 1.64. The van der Waals surface area contributed by atoms with Crippen molar-refractivity contribution in [2.24, 2.45) is 0 Å². The summed E-state index contributed by atoms with van der Waals surface area (Å²) in [6.45, 7) is 8.05. The van der Waals surface area contributed by atoms with Crippen LogP contribution in [0.3, 0.4) is 0 Å². The summed E-state index contributed by atoms with van der Waals surface area (Å²) in [5.74, 6) is -0.241. The van der Waals surface area contributed by atoms with Crippen molar-refractivity contribution in [3.05, 3.63) is 74.2 Å². The minimum Gasteiger partial charge on any atom is -0.334 e. The van der Waals surface area contributed by atoms with Crippen LogP contribution in [0.4, 0.5) is 15.6 Å². The Hall–Kier alpha value is -2.90. The number of hydrogen-bond donors (Lipinski definition) is 3. The first-order chi connectivity index (χ1) is 14.2. The average molecular weight is 443 g/mol. The second kappa shape index (κ2) is 9.28. The lowest BCUT2D eigenvalue weighted by atomic mass is 10.1. The molecule has 6 nitrogen and oxygen atoms in total. The molecule has 8 heteroatoms. The van der Waals surface area contributed by atoms with Crippen molar-refractivity contribution in [3.63, 3.8) is 0 Å². The minimum absolute atomic E-state index is 0.241. The van der Waals surface area contributed by atoms with Gasteiger partial charge in [0.2, 0.25) is 0 Å². The number of rotatable bonds is 5. The molecular formula is C22H23ClN4O2S. The maximum absolute atomic E-state index is 12.8. The van der Waals surface area contributed by atoms with E-state index in [4.69, 9.17) is 11.6 Å². The van der Waals surface area contributed by atoms with Gasteiger partial charge in [-0.1, -0.05) is 52.8 Å². The Bertz CT molecular complexity index is 1070. The molecule has 0 bridgehead atoms. The van der Waals surface area contributed by atoms with Crippen LogP contribution < -0.4 is 16.0 Å². The lowest BCUT2D eigenvalue weighted by Gasteiger charge is -2.12. The van der Waals surface area contributed by atoms with Gasteiger partial charge < -0.3 is 10.6 Å². The van der Waals surface area contributed by atoms with Crippen LogP contribution in [0, 0.1) is 27.7 Å². The standard InChI is InChI=1S/C22H23ClN4O2S/c1-12-9-13(2)18(14(3)10-12)26-20(28)19-15(4)25-22(30-19)27-21(29)24-11-16-5-7-17(23)8-6-16/h5-10H,11H2,1-4H3,(H,26,28)(H2,24,25,27,29). The number of nitrogens with zero attached hydrogens (tertiary/aromatic N) is 1. The summed E-state index contributed by atoms with van der Waals surface area (Å²) >= 11 is 7.00. The maximum Gasteiger partial charge on any atom is 0.321 e. The van der Waals surface area contributed by atoms with Crippen molar-refractivity contribution < 1.29 is 9.59 Å². The highest BCUT2D eigenvalue weighted by molar-refractivity contribution is 7.17. The van der Waals surface area contributed by atoms with E-state index in [1.165, 1.54) is 0 Å². The molecule has 0 aliphatic heterocycles. The first kappa shape index (κ1) is 21.8. The summed E-state index contributed by atoms with van der Waals surface area (Å²) in [6.07, 6.45) is 0. The number of hydrogen-bond acceptors (Lipinski definition) is 4. The van der Waals surface area contributed by atoms with Gasteiger partial charge in [-0.05, 0) is 56.5 Å². The van der Waals surface area contributed by atoms with Crippen molar-refractivity contribution >= 4 is 45.7 Å². The molecule has 0 aliphatic rings. The number of urea groups is 1. The topological polar surface area (TPSA) is 83.1 Å². The summed E-state index contributed by atoms with van der Waals surface area (Å²) in [7, 11) is 0. The molecule has 0 unspecified atom stereocenters. The molecule has 1 aromatic heterocycles. The van der Waals surface area contributed by atoms with Crippen LogP contribution in [-0.2, 0) is 6.54 Å². The molecule has 0 aliphatic carbocycles. The predicted octanol–water partition coefficient (Wildman–Crippen LogP) is 5.60. The van der Waals surface area contributed by atoms with E-state index >= 15 is 0 Å². The van der Waals surface area contributed by atoms with Gasteiger partial charge in [-0.3, -0.25) is 10.1 Å². The number of carbonyl (C=O) groups excluding carboxylic acids is 2. The fraction of sp³-hybridized carbons (Fsp3) is 0.227. The second-order valence-electron chi connectivity index (χ2n) is 7.10. The molecule has 3 rings (SSSR count). The second-order valence-corrected chi connectivity index (χ2v) is 8.53. The lowest BCUT2D eigenvalue weighted by Crippen LogP contribution is -2.28. The van der Waals surface area contributed by atoms with Crippen molar-refractivity contribution in [1.29, 1.82) is 0 Å². The Morgan fingerprint density at radius 3 is 2.27 bits per heavy atom. The van der Waals surface area contributed by atoms with Gasteiger partial charge in [-0.15, -0.1) is 0 Å². The molecule has 0 atom stereocenters. The van der Waals surface area contributed by atoms with E-state index in [1.54, 1.807) is 19.1 Å². The van der Waals surface area contributed by atoms with Crippen LogP contribution in [0.1, 0.15) is 37.6 Å². The van der Waals surface area contributed by atoms with Crippen LogP contribution in [0.25, 0.3) is 0 Å². The third-order valence-electron chi connectivity index (χ3n) is 4.51. The number of benzene rings is 2. The highest BCUT2D eigenvalue weighted by Gasteiger charge is 2.18. The van der Waals surface area contributed by atoms with E-state index in [0.29, 0.717) is 27.3 Å². The molecule has 2 aromatic carbocycles. The molecule has 3 aromatic rings. The molecule has 3 amide bonds. The summed E-state index contributed by atoms with van der Waals surface area (Å²) in [6, 6.07) is 10.9. The number of amides is 3. The number of aryl methyl sites for hydroxylation is 4. The van der Waals surface area contributed by atoms with E-state index in [0.717, 1.165) is 39.3 Å². The Labute approximate surface area is 184 Å². The molecule has 3 N–H and O–H groups in total. The van der Waals surface area contributed by atoms with E-state index in [2.05, 4.69) is 20.9 Å². The number of aromatic nitrogens is 1. The van der Waals surface area contributed by atoms with Crippen LogP contribution in [0.15, 0.2) is 36.4 Å². The molecule has 156 valence electrons. The predicted molar refractivity (Wildman–Crippen MR) is 123 cm³/mol. The molecule has 30 heavy (non-hydrogen) atoms. The molecule has 0 fully saturated rings. The van der Waals surface area contributed by atoms with Crippen LogP contribution in [-0.4, -0.2) is 16.9 Å². The monoisotopic (exact) mass is 442 g/mol. The Morgan fingerprint density at radius 2 is 1.63 bits per heavy atom. The van der Waals surface area contributed by atoms with E-state index in [9.17, 15) is 9.59 Å². The molecule has 0 radical (unpaired) electrons. The van der Waals surface area contributed by atoms with Crippen molar-refractivity contribution in [3.8, 4) is 0 Å². The number of thiazole rings is 1. The summed E-state index contributed by atoms with van der Waals surface area (Å²) < 4.78 is 0. The number of carbonyl (C=O) groups is 2. The number of anilines is 2. The molecule has 0 saturated heterocycles. The largest absolute Gasteiger partial charge is 0.334 e. The summed E-state index contributed by atoms with van der Waals surface area (Å²) in [4.78, 5) is 29.7. The third kappa shape index (κ3) is 5.37. The quantitative estimate of drug-likeness (QED) is 0.480. The molecule has 0 saturated carbocycles. The van der Waals surface area contributed by atoms with Gasteiger partial charge >= 0.3 is 6.03 Å². The average Bonchev–Trinajstić information content (AvgIpc) is 3.04. The minimum atomic E-state index is -0.393. The zero-order valence-corrected chi connectivity index (χ0v) is 18.8. The van der Waals surface area contributed by atoms with Gasteiger partial charge in [0.05, 0.1) is 5.69 Å². The first-order valence-corrected chi connectivity index (χ1v) is 10.6.